The fraction of sp³-hybridized carbons (Fsp3) is 0.200. The van der Waals surface area contributed by atoms with E-state index in [4.69, 9.17) is 19.3 Å². The number of aryl methyl sites for hydroxylation is 1. The summed E-state index contributed by atoms with van der Waals surface area (Å²) in [5, 5.41) is 12.9. The first-order chi connectivity index (χ1) is 15.8. The lowest BCUT2D eigenvalue weighted by atomic mass is 10.2. The Balaban J connectivity index is 1.22. The fourth-order valence-corrected chi connectivity index (χ4v) is 3.03. The summed E-state index contributed by atoms with van der Waals surface area (Å²) in [6, 6.07) is 22.9. The summed E-state index contributed by atoms with van der Waals surface area (Å²) < 4.78 is 16.8. The number of hydrogen-bond acceptors (Lipinski definition) is 7. The number of hydrogen-bond donors (Lipinski definition) is 0. The first-order valence-electron chi connectivity index (χ1n) is 10.4. The Labute approximate surface area is 186 Å². The van der Waals surface area contributed by atoms with Gasteiger partial charge in [-0.05, 0) is 48.7 Å². The molecule has 0 N–H and O–H groups in total. The summed E-state index contributed by atoms with van der Waals surface area (Å²) in [6.07, 6.45) is 3.91. The van der Waals surface area contributed by atoms with Crippen LogP contribution in [-0.2, 0) is 17.6 Å². The fourth-order valence-electron chi connectivity index (χ4n) is 3.03. The van der Waals surface area contributed by atoms with Crippen molar-refractivity contribution >= 4 is 0 Å². The van der Waals surface area contributed by atoms with E-state index in [2.05, 4.69) is 27.3 Å². The zero-order valence-corrected chi connectivity index (χ0v) is 17.5. The van der Waals surface area contributed by atoms with Crippen LogP contribution in [0.4, 0.5) is 0 Å². The van der Waals surface area contributed by atoms with Crippen LogP contribution in [0.1, 0.15) is 23.4 Å². The van der Waals surface area contributed by atoms with Gasteiger partial charge in [0.1, 0.15) is 11.8 Å². The molecule has 2 heterocycles. The van der Waals surface area contributed by atoms with Crippen molar-refractivity contribution in [2.24, 2.45) is 0 Å². The molecule has 0 spiro atoms. The Morgan fingerprint density at radius 3 is 2.50 bits per heavy atom. The Bertz CT molecular complexity index is 1150. The van der Waals surface area contributed by atoms with Gasteiger partial charge in [0, 0.05) is 30.9 Å². The molecule has 160 valence electrons. The molecule has 7 heteroatoms. The van der Waals surface area contributed by atoms with Crippen LogP contribution >= 0.6 is 0 Å². The second-order valence-electron chi connectivity index (χ2n) is 7.09. The molecule has 0 radical (unpaired) electrons. The maximum absolute atomic E-state index is 8.82. The van der Waals surface area contributed by atoms with Crippen LogP contribution in [0.25, 0.3) is 11.5 Å². The number of rotatable bonds is 10. The lowest BCUT2D eigenvalue weighted by Gasteiger charge is -2.04. The number of pyridine rings is 1. The molecular formula is C25H22N4O3. The van der Waals surface area contributed by atoms with Gasteiger partial charge in [-0.15, -0.1) is 0 Å². The van der Waals surface area contributed by atoms with Gasteiger partial charge >= 0.3 is 0 Å². The van der Waals surface area contributed by atoms with E-state index in [-0.39, 0.29) is 0 Å². The van der Waals surface area contributed by atoms with E-state index in [1.807, 2.05) is 36.4 Å². The van der Waals surface area contributed by atoms with E-state index in [9.17, 15) is 0 Å². The first kappa shape index (κ1) is 21.2. The lowest BCUT2D eigenvalue weighted by Crippen LogP contribution is -2.02. The number of nitrogens with zero attached hydrogens (tertiary/aromatic N) is 4. The third-order valence-corrected chi connectivity index (χ3v) is 4.72. The van der Waals surface area contributed by atoms with Crippen molar-refractivity contribution in [3.8, 4) is 29.2 Å². The number of aromatic nitrogens is 3. The predicted molar refractivity (Wildman–Crippen MR) is 118 cm³/mol. The molecule has 0 unspecified atom stereocenters. The van der Waals surface area contributed by atoms with Crippen molar-refractivity contribution in [2.45, 2.75) is 19.3 Å². The van der Waals surface area contributed by atoms with Gasteiger partial charge < -0.3 is 14.0 Å². The molecule has 0 saturated heterocycles. The Kier molecular flexibility index (Phi) is 7.19. The molecule has 2 aromatic carbocycles. The molecular weight excluding hydrogens is 404 g/mol. The largest absolute Gasteiger partial charge is 0.439 e. The molecule has 2 aromatic heterocycles. The summed E-state index contributed by atoms with van der Waals surface area (Å²) in [4.78, 5) is 8.56. The topological polar surface area (TPSA) is 94.1 Å². The SMILES string of the molecule is N#Cc1ccc(Oc2ccc(-c3nc(CCCOCCc4ccccc4)no3)cc2)nc1. The second-order valence-corrected chi connectivity index (χ2v) is 7.09. The average molecular weight is 426 g/mol. The van der Waals surface area contributed by atoms with Gasteiger partial charge in [0.25, 0.3) is 5.89 Å². The molecule has 4 rings (SSSR count). The minimum absolute atomic E-state index is 0.419. The van der Waals surface area contributed by atoms with Crippen molar-refractivity contribution in [3.05, 3.63) is 89.9 Å². The second kappa shape index (κ2) is 10.8. The van der Waals surface area contributed by atoms with Crippen molar-refractivity contribution in [3.63, 3.8) is 0 Å². The quantitative estimate of drug-likeness (QED) is 0.330. The Hall–Kier alpha value is -4.02. The van der Waals surface area contributed by atoms with Gasteiger partial charge in [0.05, 0.1) is 12.2 Å². The zero-order valence-electron chi connectivity index (χ0n) is 17.5. The van der Waals surface area contributed by atoms with Crippen LogP contribution in [0.2, 0.25) is 0 Å². The van der Waals surface area contributed by atoms with Gasteiger partial charge in [-0.3, -0.25) is 0 Å². The zero-order chi connectivity index (χ0) is 22.0. The van der Waals surface area contributed by atoms with Crippen LogP contribution in [0.5, 0.6) is 11.6 Å². The average Bonchev–Trinajstić information content (AvgIpc) is 3.32. The van der Waals surface area contributed by atoms with Crippen molar-refractivity contribution in [1.82, 2.24) is 15.1 Å². The Morgan fingerprint density at radius 2 is 1.75 bits per heavy atom. The van der Waals surface area contributed by atoms with Crippen LogP contribution in [0, 0.1) is 11.3 Å². The van der Waals surface area contributed by atoms with Crippen LogP contribution in [0.15, 0.2) is 77.4 Å². The van der Waals surface area contributed by atoms with E-state index in [0.717, 1.165) is 18.4 Å². The minimum atomic E-state index is 0.419. The van der Waals surface area contributed by atoms with E-state index >= 15 is 0 Å². The highest BCUT2D eigenvalue weighted by Gasteiger charge is 2.09. The summed E-state index contributed by atoms with van der Waals surface area (Å²) >= 11 is 0. The molecule has 0 fully saturated rings. The highest BCUT2D eigenvalue weighted by molar-refractivity contribution is 5.54. The molecule has 0 amide bonds. The van der Waals surface area contributed by atoms with E-state index < -0.39 is 0 Å². The van der Waals surface area contributed by atoms with E-state index in [1.165, 1.54) is 11.8 Å². The lowest BCUT2D eigenvalue weighted by molar-refractivity contribution is 0.134. The summed E-state index contributed by atoms with van der Waals surface area (Å²) in [5.41, 5.74) is 2.57. The maximum atomic E-state index is 8.82. The molecule has 4 aromatic rings. The molecule has 0 bridgehead atoms. The van der Waals surface area contributed by atoms with E-state index in [0.29, 0.717) is 48.5 Å². The normalized spacial score (nSPS) is 10.6. The first-order valence-corrected chi connectivity index (χ1v) is 10.4. The van der Waals surface area contributed by atoms with Crippen molar-refractivity contribution in [2.75, 3.05) is 13.2 Å². The van der Waals surface area contributed by atoms with E-state index in [1.54, 1.807) is 24.3 Å². The molecule has 0 aliphatic rings. The number of ether oxygens (including phenoxy) is 2. The molecule has 0 saturated carbocycles. The monoisotopic (exact) mass is 426 g/mol. The highest BCUT2D eigenvalue weighted by atomic mass is 16.5. The molecule has 7 nitrogen and oxygen atoms in total. The molecule has 0 aliphatic carbocycles. The van der Waals surface area contributed by atoms with Gasteiger partial charge in [0.15, 0.2) is 5.82 Å². The minimum Gasteiger partial charge on any atom is -0.439 e. The van der Waals surface area contributed by atoms with Crippen LogP contribution in [0.3, 0.4) is 0 Å². The molecule has 32 heavy (non-hydrogen) atoms. The van der Waals surface area contributed by atoms with Crippen LogP contribution < -0.4 is 4.74 Å². The van der Waals surface area contributed by atoms with Gasteiger partial charge in [0.2, 0.25) is 5.88 Å². The Morgan fingerprint density at radius 1 is 0.906 bits per heavy atom. The third kappa shape index (κ3) is 6.00. The smallest absolute Gasteiger partial charge is 0.257 e. The summed E-state index contributed by atoms with van der Waals surface area (Å²) in [6.45, 7) is 1.36. The van der Waals surface area contributed by atoms with Crippen molar-refractivity contribution in [1.29, 1.82) is 5.26 Å². The summed E-state index contributed by atoms with van der Waals surface area (Å²) in [5.74, 6) is 2.17. The summed E-state index contributed by atoms with van der Waals surface area (Å²) in [7, 11) is 0. The standard InChI is InChI=1S/C25H22N4O3/c26-17-20-8-13-24(27-18-20)31-22-11-9-21(10-12-22)25-28-23(29-32-25)7-4-15-30-16-14-19-5-2-1-3-6-19/h1-3,5-6,8-13,18H,4,7,14-16H2. The van der Waals surface area contributed by atoms with Gasteiger partial charge in [-0.1, -0.05) is 35.5 Å². The van der Waals surface area contributed by atoms with Crippen LogP contribution in [-0.4, -0.2) is 28.3 Å². The number of nitriles is 1. The maximum Gasteiger partial charge on any atom is 0.257 e. The highest BCUT2D eigenvalue weighted by Crippen LogP contribution is 2.24. The van der Waals surface area contributed by atoms with Gasteiger partial charge in [-0.25, -0.2) is 4.98 Å². The predicted octanol–water partition coefficient (Wildman–Crippen LogP) is 4.99. The molecule has 0 atom stereocenters. The molecule has 0 aliphatic heterocycles. The third-order valence-electron chi connectivity index (χ3n) is 4.72. The van der Waals surface area contributed by atoms with Gasteiger partial charge in [-0.2, -0.15) is 10.2 Å². The number of benzene rings is 2. The van der Waals surface area contributed by atoms with Crippen molar-refractivity contribution < 1.29 is 14.0 Å².